The van der Waals surface area contributed by atoms with Crippen LogP contribution in [0.5, 0.6) is 0 Å². The summed E-state index contributed by atoms with van der Waals surface area (Å²) in [6, 6.07) is 6.40. The fourth-order valence-electron chi connectivity index (χ4n) is 2.76. The van der Waals surface area contributed by atoms with E-state index in [0.717, 1.165) is 25.3 Å². The lowest BCUT2D eigenvalue weighted by atomic mass is 10.0. The van der Waals surface area contributed by atoms with E-state index in [9.17, 15) is 0 Å². The lowest BCUT2D eigenvalue weighted by Crippen LogP contribution is -2.37. The maximum absolute atomic E-state index is 4.77. The number of likely N-dealkylation sites (tertiary alicyclic amines) is 1. The van der Waals surface area contributed by atoms with E-state index in [0.29, 0.717) is 5.54 Å². The van der Waals surface area contributed by atoms with E-state index in [1.54, 1.807) is 0 Å². The molecule has 0 radical (unpaired) electrons. The molecule has 0 amide bonds. The van der Waals surface area contributed by atoms with Crippen LogP contribution in [0.2, 0.25) is 0 Å². The van der Waals surface area contributed by atoms with E-state index < -0.39 is 0 Å². The van der Waals surface area contributed by atoms with Crippen LogP contribution in [0.3, 0.4) is 0 Å². The van der Waals surface area contributed by atoms with Gasteiger partial charge in [-0.15, -0.1) is 0 Å². The third kappa shape index (κ3) is 4.02. The average molecular weight is 261 g/mol. The van der Waals surface area contributed by atoms with Gasteiger partial charge in [0.05, 0.1) is 11.4 Å². The Hall–Kier alpha value is -0.930. The van der Waals surface area contributed by atoms with Crippen molar-refractivity contribution in [1.29, 1.82) is 0 Å². The topological polar surface area (TPSA) is 28.2 Å². The summed E-state index contributed by atoms with van der Waals surface area (Å²) in [5, 5.41) is 3.41. The second-order valence-electron chi connectivity index (χ2n) is 6.13. The van der Waals surface area contributed by atoms with Crippen molar-refractivity contribution >= 4 is 0 Å². The first-order chi connectivity index (χ1) is 9.12. The number of rotatable bonds is 6. The van der Waals surface area contributed by atoms with Crippen molar-refractivity contribution in [3.05, 3.63) is 29.6 Å². The van der Waals surface area contributed by atoms with Crippen molar-refractivity contribution in [1.82, 2.24) is 15.2 Å². The van der Waals surface area contributed by atoms with Crippen molar-refractivity contribution in [2.75, 3.05) is 13.1 Å². The summed E-state index contributed by atoms with van der Waals surface area (Å²) in [4.78, 5) is 7.32. The molecule has 1 aromatic rings. The Bertz CT molecular complexity index is 401. The van der Waals surface area contributed by atoms with Crippen LogP contribution >= 0.6 is 0 Å². The first kappa shape index (κ1) is 14.5. The largest absolute Gasteiger partial charge is 0.311 e. The molecule has 0 unspecified atom stereocenters. The predicted molar refractivity (Wildman–Crippen MR) is 80.0 cm³/mol. The predicted octanol–water partition coefficient (Wildman–Crippen LogP) is 2.96. The maximum atomic E-state index is 4.77. The molecule has 2 heterocycles. The quantitative estimate of drug-likeness (QED) is 0.798. The van der Waals surface area contributed by atoms with Crippen molar-refractivity contribution < 1.29 is 0 Å². The Balaban J connectivity index is 1.95. The first-order valence-electron chi connectivity index (χ1n) is 7.52. The molecule has 3 heteroatoms. The van der Waals surface area contributed by atoms with Gasteiger partial charge in [-0.25, -0.2) is 0 Å². The lowest BCUT2D eigenvalue weighted by molar-refractivity contribution is 0.164. The Morgan fingerprint density at radius 1 is 1.32 bits per heavy atom. The monoisotopic (exact) mass is 261 g/mol. The van der Waals surface area contributed by atoms with E-state index >= 15 is 0 Å². The third-order valence-corrected chi connectivity index (χ3v) is 4.02. The molecule has 2 rings (SSSR count). The molecular formula is C16H27N3. The van der Waals surface area contributed by atoms with Crippen LogP contribution in [0.4, 0.5) is 0 Å². The molecule has 19 heavy (non-hydrogen) atoms. The Kier molecular flexibility index (Phi) is 4.94. The molecule has 1 aliphatic rings. The summed E-state index contributed by atoms with van der Waals surface area (Å²) >= 11 is 0. The number of hydrogen-bond donors (Lipinski definition) is 1. The second-order valence-corrected chi connectivity index (χ2v) is 6.13. The van der Waals surface area contributed by atoms with Gasteiger partial charge in [0.25, 0.3) is 0 Å². The van der Waals surface area contributed by atoms with E-state index in [1.165, 1.54) is 31.5 Å². The molecule has 0 spiro atoms. The Morgan fingerprint density at radius 3 is 2.79 bits per heavy atom. The van der Waals surface area contributed by atoms with Crippen LogP contribution in [-0.4, -0.2) is 28.5 Å². The van der Waals surface area contributed by atoms with Crippen molar-refractivity contribution in [3.8, 4) is 0 Å². The van der Waals surface area contributed by atoms with Gasteiger partial charge in [0.1, 0.15) is 0 Å². The van der Waals surface area contributed by atoms with Gasteiger partial charge in [0.2, 0.25) is 0 Å². The highest BCUT2D eigenvalue weighted by molar-refractivity contribution is 5.12. The zero-order valence-corrected chi connectivity index (χ0v) is 12.6. The van der Waals surface area contributed by atoms with Crippen molar-refractivity contribution in [3.63, 3.8) is 0 Å². The molecule has 106 valence electrons. The van der Waals surface area contributed by atoms with E-state index in [2.05, 4.69) is 49.2 Å². The molecule has 1 saturated heterocycles. The van der Waals surface area contributed by atoms with Gasteiger partial charge in [-0.3, -0.25) is 9.88 Å². The van der Waals surface area contributed by atoms with Gasteiger partial charge < -0.3 is 5.32 Å². The number of aromatic nitrogens is 1. The van der Waals surface area contributed by atoms with Gasteiger partial charge in [0.15, 0.2) is 0 Å². The highest BCUT2D eigenvalue weighted by atomic mass is 15.2. The fourth-order valence-corrected chi connectivity index (χ4v) is 2.76. The summed E-state index contributed by atoms with van der Waals surface area (Å²) in [7, 11) is 0. The van der Waals surface area contributed by atoms with Crippen molar-refractivity contribution in [2.24, 2.45) is 0 Å². The van der Waals surface area contributed by atoms with Gasteiger partial charge in [-0.2, -0.15) is 0 Å². The molecule has 1 N–H and O–H groups in total. The smallest absolute Gasteiger partial charge is 0.0548 e. The fraction of sp³-hybridized carbons (Fsp3) is 0.688. The second kappa shape index (κ2) is 6.49. The molecule has 1 aliphatic heterocycles. The SMILES string of the molecule is CCCNCc1cccc(CN2CCCC2(C)C)n1. The molecule has 3 nitrogen and oxygen atoms in total. The number of hydrogen-bond acceptors (Lipinski definition) is 3. The standard InChI is InChI=1S/C16H27N3/c1-4-10-17-12-14-7-5-8-15(18-14)13-19-11-6-9-16(19,2)3/h5,7-8,17H,4,6,9-13H2,1-3H3. The molecule has 0 saturated carbocycles. The minimum atomic E-state index is 0.331. The van der Waals surface area contributed by atoms with Gasteiger partial charge in [-0.1, -0.05) is 13.0 Å². The summed E-state index contributed by atoms with van der Waals surface area (Å²) in [5.41, 5.74) is 2.69. The molecule has 1 aromatic heterocycles. The highest BCUT2D eigenvalue weighted by Gasteiger charge is 2.31. The number of pyridine rings is 1. The van der Waals surface area contributed by atoms with E-state index in [-0.39, 0.29) is 0 Å². The number of nitrogens with one attached hydrogen (secondary N) is 1. The normalized spacial score (nSPS) is 18.9. The Labute approximate surface area is 117 Å². The van der Waals surface area contributed by atoms with Crippen LogP contribution in [0, 0.1) is 0 Å². The van der Waals surface area contributed by atoms with Crippen LogP contribution in [0.1, 0.15) is 51.4 Å². The Morgan fingerprint density at radius 2 is 2.11 bits per heavy atom. The molecule has 0 atom stereocenters. The van der Waals surface area contributed by atoms with Gasteiger partial charge >= 0.3 is 0 Å². The van der Waals surface area contributed by atoms with Gasteiger partial charge in [0, 0.05) is 18.6 Å². The van der Waals surface area contributed by atoms with Crippen LogP contribution in [0.15, 0.2) is 18.2 Å². The minimum absolute atomic E-state index is 0.331. The van der Waals surface area contributed by atoms with Crippen LogP contribution in [0.25, 0.3) is 0 Å². The summed E-state index contributed by atoms with van der Waals surface area (Å²) in [6.45, 7) is 11.0. The summed E-state index contributed by atoms with van der Waals surface area (Å²) in [5.74, 6) is 0. The van der Waals surface area contributed by atoms with E-state index in [1.807, 2.05) is 0 Å². The number of nitrogens with zero attached hydrogens (tertiary/aromatic N) is 2. The average Bonchev–Trinajstić information content (AvgIpc) is 2.70. The molecule has 1 fully saturated rings. The van der Waals surface area contributed by atoms with Crippen LogP contribution < -0.4 is 5.32 Å². The zero-order valence-electron chi connectivity index (χ0n) is 12.6. The maximum Gasteiger partial charge on any atom is 0.0548 e. The minimum Gasteiger partial charge on any atom is -0.311 e. The molecular weight excluding hydrogens is 234 g/mol. The molecule has 0 aliphatic carbocycles. The lowest BCUT2D eigenvalue weighted by Gasteiger charge is -2.31. The highest BCUT2D eigenvalue weighted by Crippen LogP contribution is 2.29. The third-order valence-electron chi connectivity index (χ3n) is 4.02. The molecule has 0 bridgehead atoms. The van der Waals surface area contributed by atoms with Crippen LogP contribution in [-0.2, 0) is 13.1 Å². The van der Waals surface area contributed by atoms with E-state index in [4.69, 9.17) is 4.98 Å². The first-order valence-corrected chi connectivity index (χ1v) is 7.52. The summed E-state index contributed by atoms with van der Waals surface area (Å²) in [6.07, 6.45) is 3.77. The van der Waals surface area contributed by atoms with Gasteiger partial charge in [-0.05, 0) is 58.3 Å². The zero-order chi connectivity index (χ0) is 13.7. The molecule has 0 aromatic carbocycles. The van der Waals surface area contributed by atoms with Crippen molar-refractivity contribution in [2.45, 2.75) is 58.7 Å². The summed E-state index contributed by atoms with van der Waals surface area (Å²) < 4.78 is 0.